The number of hydrogen-bond donors (Lipinski definition) is 1. The zero-order chi connectivity index (χ0) is 8.39. The van der Waals surface area contributed by atoms with Crippen LogP contribution < -0.4 is 5.73 Å². The molecule has 0 aliphatic carbocycles. The Morgan fingerprint density at radius 2 is 2.17 bits per heavy atom. The number of fused-ring (bicyclic) bond motifs is 1. The van der Waals surface area contributed by atoms with Crippen molar-refractivity contribution in [2.75, 3.05) is 0 Å². The van der Waals surface area contributed by atoms with Crippen molar-refractivity contribution in [3.8, 4) is 0 Å². The minimum Gasteiger partial charge on any atom is -0.326 e. The predicted octanol–water partition coefficient (Wildman–Crippen LogP) is 0.483. The maximum absolute atomic E-state index is 5.46. The fourth-order valence-corrected chi connectivity index (χ4v) is 1.04. The first-order chi connectivity index (χ1) is 5.90. The second-order valence-corrected chi connectivity index (χ2v) is 2.48. The number of nitrogens with zero attached hydrogens (tertiary/aromatic N) is 3. The Kier molecular flexibility index (Phi) is 1.68. The van der Waals surface area contributed by atoms with Gasteiger partial charge < -0.3 is 5.73 Å². The molecular formula is C8H8N4. The van der Waals surface area contributed by atoms with Crippen molar-refractivity contribution in [1.82, 2.24) is 15.0 Å². The molecule has 12 heavy (non-hydrogen) atoms. The molecule has 0 amide bonds. The van der Waals surface area contributed by atoms with E-state index in [-0.39, 0.29) is 0 Å². The normalized spacial score (nSPS) is 10.4. The third kappa shape index (κ3) is 1.12. The lowest BCUT2D eigenvalue weighted by molar-refractivity contribution is 1.05. The van der Waals surface area contributed by atoms with Crippen LogP contribution in [0.4, 0.5) is 0 Å². The lowest BCUT2D eigenvalue weighted by atomic mass is 10.2. The molecule has 0 unspecified atom stereocenters. The highest BCUT2D eigenvalue weighted by Gasteiger charge is 1.95. The Morgan fingerprint density at radius 3 is 3.00 bits per heavy atom. The van der Waals surface area contributed by atoms with E-state index in [9.17, 15) is 0 Å². The first kappa shape index (κ1) is 7.12. The van der Waals surface area contributed by atoms with E-state index in [1.807, 2.05) is 6.07 Å². The minimum absolute atomic E-state index is 0.498. The van der Waals surface area contributed by atoms with Crippen LogP contribution in [-0.2, 0) is 6.54 Å². The summed E-state index contributed by atoms with van der Waals surface area (Å²) in [4.78, 5) is 12.0. The van der Waals surface area contributed by atoms with Crippen molar-refractivity contribution in [2.24, 2.45) is 5.73 Å². The maximum Gasteiger partial charge on any atom is 0.162 e. The predicted molar refractivity (Wildman–Crippen MR) is 45.2 cm³/mol. The smallest absolute Gasteiger partial charge is 0.162 e. The van der Waals surface area contributed by atoms with E-state index in [1.54, 1.807) is 12.4 Å². The molecule has 0 saturated heterocycles. The largest absolute Gasteiger partial charge is 0.326 e. The van der Waals surface area contributed by atoms with Gasteiger partial charge in [0, 0.05) is 24.3 Å². The van der Waals surface area contributed by atoms with Crippen LogP contribution in [0.3, 0.4) is 0 Å². The van der Waals surface area contributed by atoms with Gasteiger partial charge >= 0.3 is 0 Å². The van der Waals surface area contributed by atoms with Crippen LogP contribution in [0.5, 0.6) is 0 Å². The Balaban J connectivity index is 2.67. The van der Waals surface area contributed by atoms with E-state index in [4.69, 9.17) is 5.73 Å². The van der Waals surface area contributed by atoms with Gasteiger partial charge in [-0.2, -0.15) is 0 Å². The summed E-state index contributed by atoms with van der Waals surface area (Å²) in [6.07, 6.45) is 4.95. The molecule has 0 aromatic carbocycles. The zero-order valence-corrected chi connectivity index (χ0v) is 6.44. The van der Waals surface area contributed by atoms with Crippen LogP contribution in [0.25, 0.3) is 11.0 Å². The van der Waals surface area contributed by atoms with Crippen molar-refractivity contribution in [3.63, 3.8) is 0 Å². The van der Waals surface area contributed by atoms with E-state index in [2.05, 4.69) is 15.0 Å². The van der Waals surface area contributed by atoms with E-state index in [0.717, 1.165) is 10.9 Å². The quantitative estimate of drug-likeness (QED) is 0.659. The van der Waals surface area contributed by atoms with Gasteiger partial charge in [-0.25, -0.2) is 15.0 Å². The molecule has 2 heterocycles. The van der Waals surface area contributed by atoms with E-state index >= 15 is 0 Å². The highest BCUT2D eigenvalue weighted by atomic mass is 14.9. The lowest BCUT2D eigenvalue weighted by Crippen LogP contribution is -1.97. The number of hydrogen-bond acceptors (Lipinski definition) is 4. The zero-order valence-electron chi connectivity index (χ0n) is 6.44. The molecule has 0 fully saturated rings. The second-order valence-electron chi connectivity index (χ2n) is 2.48. The molecule has 2 rings (SSSR count). The number of aromatic nitrogens is 3. The Labute approximate surface area is 69.5 Å². The minimum atomic E-state index is 0.498. The van der Waals surface area contributed by atoms with E-state index in [1.165, 1.54) is 6.33 Å². The molecule has 0 radical (unpaired) electrons. The second kappa shape index (κ2) is 2.83. The summed E-state index contributed by atoms with van der Waals surface area (Å²) in [7, 11) is 0. The molecule has 2 aromatic rings. The van der Waals surface area contributed by atoms with Crippen molar-refractivity contribution in [3.05, 3.63) is 30.4 Å². The van der Waals surface area contributed by atoms with Crippen molar-refractivity contribution < 1.29 is 0 Å². The lowest BCUT2D eigenvalue weighted by Gasteiger charge is -1.97. The van der Waals surface area contributed by atoms with Gasteiger partial charge in [-0.05, 0) is 11.6 Å². The summed E-state index contributed by atoms with van der Waals surface area (Å²) in [6.45, 7) is 0.498. The van der Waals surface area contributed by atoms with Gasteiger partial charge in [0.1, 0.15) is 6.33 Å². The summed E-state index contributed by atoms with van der Waals surface area (Å²) in [5, 5.41) is 0.931. The average Bonchev–Trinajstić information content (AvgIpc) is 2.17. The van der Waals surface area contributed by atoms with Gasteiger partial charge in [0.15, 0.2) is 5.65 Å². The molecule has 2 N–H and O–H groups in total. The van der Waals surface area contributed by atoms with E-state index < -0.39 is 0 Å². The molecule has 0 aliphatic rings. The molecule has 0 atom stereocenters. The van der Waals surface area contributed by atoms with Crippen LogP contribution in [0.1, 0.15) is 5.56 Å². The summed E-state index contributed by atoms with van der Waals surface area (Å²) in [5.41, 5.74) is 7.17. The van der Waals surface area contributed by atoms with Gasteiger partial charge in [-0.3, -0.25) is 0 Å². The monoisotopic (exact) mass is 160 g/mol. The molecule has 0 spiro atoms. The van der Waals surface area contributed by atoms with Gasteiger partial charge in [-0.15, -0.1) is 0 Å². The number of nitrogens with two attached hydrogens (primary N) is 1. The fraction of sp³-hybridized carbons (Fsp3) is 0.125. The first-order valence-corrected chi connectivity index (χ1v) is 3.65. The van der Waals surface area contributed by atoms with Crippen LogP contribution in [0.2, 0.25) is 0 Å². The Hall–Kier alpha value is -1.55. The van der Waals surface area contributed by atoms with Crippen molar-refractivity contribution in [1.29, 1.82) is 0 Å². The van der Waals surface area contributed by atoms with Gasteiger partial charge in [0.05, 0.1) is 0 Å². The van der Waals surface area contributed by atoms with Gasteiger partial charge in [-0.1, -0.05) is 0 Å². The summed E-state index contributed by atoms with van der Waals surface area (Å²) >= 11 is 0. The van der Waals surface area contributed by atoms with Crippen LogP contribution in [0.15, 0.2) is 24.8 Å². The SMILES string of the molecule is NCc1cnc2ncncc2c1. The fourth-order valence-electron chi connectivity index (χ4n) is 1.04. The van der Waals surface area contributed by atoms with Crippen LogP contribution >= 0.6 is 0 Å². The molecule has 0 saturated carbocycles. The van der Waals surface area contributed by atoms with E-state index in [0.29, 0.717) is 12.2 Å². The third-order valence-corrected chi connectivity index (χ3v) is 1.65. The highest BCUT2D eigenvalue weighted by Crippen LogP contribution is 2.07. The number of rotatable bonds is 1. The molecule has 4 heteroatoms. The molecule has 4 nitrogen and oxygen atoms in total. The van der Waals surface area contributed by atoms with Gasteiger partial charge in [0.25, 0.3) is 0 Å². The van der Waals surface area contributed by atoms with Crippen LogP contribution in [0, 0.1) is 0 Å². The summed E-state index contributed by atoms with van der Waals surface area (Å²) in [6, 6.07) is 1.95. The molecule has 60 valence electrons. The average molecular weight is 160 g/mol. The Bertz CT molecular complexity index is 399. The van der Waals surface area contributed by atoms with Crippen molar-refractivity contribution >= 4 is 11.0 Å². The van der Waals surface area contributed by atoms with Crippen LogP contribution in [-0.4, -0.2) is 15.0 Å². The highest BCUT2D eigenvalue weighted by molar-refractivity contribution is 5.73. The van der Waals surface area contributed by atoms with Crippen molar-refractivity contribution in [2.45, 2.75) is 6.54 Å². The summed E-state index contributed by atoms with van der Waals surface area (Å²) in [5.74, 6) is 0. The topological polar surface area (TPSA) is 64.7 Å². The summed E-state index contributed by atoms with van der Waals surface area (Å²) < 4.78 is 0. The maximum atomic E-state index is 5.46. The number of pyridine rings is 1. The standard InChI is InChI=1S/C8H8N4/c9-2-6-1-7-4-10-5-12-8(7)11-3-6/h1,3-5H,2,9H2. The molecule has 0 bridgehead atoms. The molecule has 0 aliphatic heterocycles. The first-order valence-electron chi connectivity index (χ1n) is 3.65. The Morgan fingerprint density at radius 1 is 1.25 bits per heavy atom. The third-order valence-electron chi connectivity index (χ3n) is 1.65. The molecular weight excluding hydrogens is 152 g/mol. The van der Waals surface area contributed by atoms with Gasteiger partial charge in [0.2, 0.25) is 0 Å². The molecule has 2 aromatic heterocycles.